The maximum absolute atomic E-state index is 13.6. The summed E-state index contributed by atoms with van der Waals surface area (Å²) < 4.78 is 7.19. The van der Waals surface area contributed by atoms with E-state index in [1.54, 1.807) is 36.8 Å². The Bertz CT molecular complexity index is 2410. The van der Waals surface area contributed by atoms with Crippen LogP contribution < -0.4 is 36.6 Å². The topological polar surface area (TPSA) is 160 Å². The van der Waals surface area contributed by atoms with E-state index >= 15 is 0 Å². The van der Waals surface area contributed by atoms with Crippen molar-refractivity contribution in [3.63, 3.8) is 0 Å². The van der Waals surface area contributed by atoms with Gasteiger partial charge in [-0.15, -0.1) is 0 Å². The number of aliphatic imine (C=N–C) groups is 2. The van der Waals surface area contributed by atoms with Crippen LogP contribution in [0, 0.1) is 19.8 Å². The number of nitrogens with one attached hydrogen (secondary N) is 4. The average molecular weight is 844 g/mol. The van der Waals surface area contributed by atoms with Gasteiger partial charge in [0.2, 0.25) is 11.9 Å². The van der Waals surface area contributed by atoms with E-state index in [1.807, 2.05) is 55.4 Å². The van der Waals surface area contributed by atoms with E-state index in [0.29, 0.717) is 71.5 Å². The molecule has 7 rings (SSSR count). The predicted octanol–water partition coefficient (Wildman–Crippen LogP) is 6.19. The van der Waals surface area contributed by atoms with Gasteiger partial charge < -0.3 is 30.6 Å². The van der Waals surface area contributed by atoms with Gasteiger partial charge in [-0.25, -0.2) is 9.99 Å². The van der Waals surface area contributed by atoms with Crippen LogP contribution in [-0.4, -0.2) is 109 Å². The number of ether oxygens (including phenoxy) is 1. The molecule has 1 unspecified atom stereocenters. The molecule has 62 heavy (non-hydrogen) atoms. The SMILES string of the molecule is C/C=C(\C=NC(CC)C1CC1)c1ccc2nc(Nc3ccc(NN4CCN(CCCCNC(=O)c5ccc(OC)c(N6CCC(=O)NC6=NC)c5)CC4)cc3C)c(C)c(=O)n2c1. The zero-order valence-corrected chi connectivity index (χ0v) is 37.0. The van der Waals surface area contributed by atoms with Crippen LogP contribution in [0.1, 0.15) is 79.4 Å². The average Bonchev–Trinajstić information content (AvgIpc) is 4.14. The van der Waals surface area contributed by atoms with Gasteiger partial charge in [0.25, 0.3) is 11.5 Å². The summed E-state index contributed by atoms with van der Waals surface area (Å²) in [4.78, 5) is 56.9. The molecular formula is C47H61N11O4. The molecule has 1 saturated carbocycles. The number of hydrazine groups is 1. The second-order valence-electron chi connectivity index (χ2n) is 16.3. The number of pyridine rings is 1. The second-order valence-corrected chi connectivity index (χ2v) is 16.3. The van der Waals surface area contributed by atoms with Crippen molar-refractivity contribution in [2.45, 2.75) is 72.3 Å². The molecule has 0 radical (unpaired) electrons. The number of rotatable bonds is 17. The number of hydrogen-bond donors (Lipinski definition) is 4. The molecule has 0 bridgehead atoms. The van der Waals surface area contributed by atoms with Crippen molar-refractivity contribution in [3.8, 4) is 5.75 Å². The quantitative estimate of drug-likeness (QED) is 0.0713. The van der Waals surface area contributed by atoms with Crippen LogP contribution in [-0.2, 0) is 4.79 Å². The van der Waals surface area contributed by atoms with Gasteiger partial charge in [0, 0.05) is 82.1 Å². The van der Waals surface area contributed by atoms with Crippen LogP contribution in [0.25, 0.3) is 11.2 Å². The number of carbonyl (C=O) groups is 2. The van der Waals surface area contributed by atoms with Crippen molar-refractivity contribution in [1.29, 1.82) is 0 Å². The molecule has 2 aromatic heterocycles. The Balaban J connectivity index is 0.857. The van der Waals surface area contributed by atoms with Crippen molar-refractivity contribution < 1.29 is 14.3 Å². The van der Waals surface area contributed by atoms with E-state index in [4.69, 9.17) is 14.7 Å². The summed E-state index contributed by atoms with van der Waals surface area (Å²) in [5.74, 6) is 2.05. The summed E-state index contributed by atoms with van der Waals surface area (Å²) in [6.45, 7) is 13.7. The standard InChI is InChI=1S/C47H61N11O4/c1-7-33(29-50-38(8-2)34-11-12-34)36-14-18-42-52-44(32(4)46(61)58(42)30-36)51-39-16-15-37(27-31(39)3)54-56-25-23-55(24-26-56)21-10-9-20-49-45(60)35-13-17-41(62-6)40(28-35)57-22-19-43(59)53-47(57)48-5/h7,13-18,27-30,34,38,51,54H,8-12,19-26H2,1-6H3,(H,49,60)(H,48,53,59)/b33-7+,50-29?. The fourth-order valence-corrected chi connectivity index (χ4v) is 8.11. The van der Waals surface area contributed by atoms with Crippen molar-refractivity contribution in [2.24, 2.45) is 15.9 Å². The Hall–Kier alpha value is -6.06. The third-order valence-corrected chi connectivity index (χ3v) is 12.0. The maximum atomic E-state index is 13.6. The van der Waals surface area contributed by atoms with Gasteiger partial charge in [0.15, 0.2) is 0 Å². The molecule has 3 aliphatic rings. The third-order valence-electron chi connectivity index (χ3n) is 12.0. The van der Waals surface area contributed by atoms with E-state index < -0.39 is 0 Å². The minimum Gasteiger partial charge on any atom is -0.495 e. The molecule has 15 nitrogen and oxygen atoms in total. The van der Waals surface area contributed by atoms with Crippen LogP contribution >= 0.6 is 0 Å². The summed E-state index contributed by atoms with van der Waals surface area (Å²) in [6.07, 6.45) is 11.6. The fraction of sp³-hybridized carbons (Fsp3) is 0.447. The molecule has 3 fully saturated rings. The lowest BCUT2D eigenvalue weighted by Gasteiger charge is -2.35. The Labute approximate surface area is 364 Å². The minimum atomic E-state index is -0.150. The van der Waals surface area contributed by atoms with Gasteiger partial charge in [0.05, 0.1) is 24.4 Å². The van der Waals surface area contributed by atoms with Crippen LogP contribution in [0.5, 0.6) is 5.75 Å². The number of benzene rings is 2. The summed E-state index contributed by atoms with van der Waals surface area (Å²) in [7, 11) is 3.20. The van der Waals surface area contributed by atoms with Gasteiger partial charge in [-0.2, -0.15) is 0 Å². The van der Waals surface area contributed by atoms with Gasteiger partial charge >= 0.3 is 0 Å². The predicted molar refractivity (Wildman–Crippen MR) is 249 cm³/mol. The van der Waals surface area contributed by atoms with Crippen molar-refractivity contribution in [1.82, 2.24) is 29.9 Å². The number of amides is 2. The Morgan fingerprint density at radius 2 is 1.81 bits per heavy atom. The summed E-state index contributed by atoms with van der Waals surface area (Å²) in [5, 5.41) is 11.5. The third kappa shape index (κ3) is 10.5. The summed E-state index contributed by atoms with van der Waals surface area (Å²) >= 11 is 0. The molecule has 2 amide bonds. The monoisotopic (exact) mass is 843 g/mol. The number of aromatic nitrogens is 2. The molecule has 4 aromatic rings. The van der Waals surface area contributed by atoms with Gasteiger partial charge in [-0.05, 0) is 131 Å². The number of anilines is 4. The van der Waals surface area contributed by atoms with Crippen LogP contribution in [0.3, 0.4) is 0 Å². The van der Waals surface area contributed by atoms with E-state index in [-0.39, 0.29) is 17.4 Å². The first kappa shape index (κ1) is 44.0. The molecule has 1 aliphatic carbocycles. The van der Waals surface area contributed by atoms with E-state index in [2.05, 4.69) is 62.3 Å². The molecular weight excluding hydrogens is 783 g/mol. The van der Waals surface area contributed by atoms with E-state index in [9.17, 15) is 14.4 Å². The number of hydrogen-bond acceptors (Lipinski definition) is 11. The maximum Gasteiger partial charge on any atom is 0.262 e. The Morgan fingerprint density at radius 1 is 1.02 bits per heavy atom. The number of carbonyl (C=O) groups excluding carboxylic acids is 2. The molecule has 2 aliphatic heterocycles. The highest BCUT2D eigenvalue weighted by molar-refractivity contribution is 6.10. The van der Waals surface area contributed by atoms with Crippen LogP contribution in [0.4, 0.5) is 22.9 Å². The molecule has 15 heteroatoms. The van der Waals surface area contributed by atoms with Gasteiger partial charge in [-0.1, -0.05) is 13.0 Å². The molecule has 328 valence electrons. The molecule has 4 N–H and O–H groups in total. The van der Waals surface area contributed by atoms with E-state index in [1.165, 1.54) is 12.8 Å². The number of fused-ring (bicyclic) bond motifs is 1. The first-order valence-electron chi connectivity index (χ1n) is 21.9. The second kappa shape index (κ2) is 20.2. The number of nitrogens with zero attached hydrogens (tertiary/aromatic N) is 7. The minimum absolute atomic E-state index is 0.0878. The highest BCUT2D eigenvalue weighted by Gasteiger charge is 2.29. The summed E-state index contributed by atoms with van der Waals surface area (Å²) in [5.41, 5.74) is 10.7. The molecule has 2 aromatic carbocycles. The number of unbranched alkanes of at least 4 members (excludes halogenated alkanes) is 1. The Kier molecular flexibility index (Phi) is 14.3. The number of aryl methyl sites for hydroxylation is 1. The smallest absolute Gasteiger partial charge is 0.262 e. The van der Waals surface area contributed by atoms with Crippen molar-refractivity contribution >= 4 is 58.1 Å². The number of methoxy groups -OCH3 is 1. The first-order valence-corrected chi connectivity index (χ1v) is 21.9. The highest BCUT2D eigenvalue weighted by Crippen LogP contribution is 2.36. The number of allylic oxidation sites excluding steroid dienone is 2. The molecule has 1 atom stereocenters. The fourth-order valence-electron chi connectivity index (χ4n) is 8.11. The van der Waals surface area contributed by atoms with Crippen LogP contribution in [0.15, 0.2) is 75.6 Å². The number of guanidine groups is 1. The zero-order chi connectivity index (χ0) is 43.8. The number of piperazine rings is 1. The Morgan fingerprint density at radius 3 is 2.52 bits per heavy atom. The van der Waals surface area contributed by atoms with Crippen molar-refractivity contribution in [3.05, 3.63) is 93.4 Å². The lowest BCUT2D eigenvalue weighted by molar-refractivity contribution is -0.119. The molecule has 4 heterocycles. The lowest BCUT2D eigenvalue weighted by atomic mass is 10.1. The largest absolute Gasteiger partial charge is 0.495 e. The lowest BCUT2D eigenvalue weighted by Crippen LogP contribution is -2.50. The van der Waals surface area contributed by atoms with Crippen molar-refractivity contribution in [2.75, 3.05) is 75.6 Å². The zero-order valence-electron chi connectivity index (χ0n) is 37.0. The molecule has 0 spiro atoms. The summed E-state index contributed by atoms with van der Waals surface area (Å²) in [6, 6.07) is 15.8. The highest BCUT2D eigenvalue weighted by atomic mass is 16.5. The first-order chi connectivity index (χ1) is 30.1. The normalized spacial score (nSPS) is 17.7. The van der Waals surface area contributed by atoms with Gasteiger partial charge in [0.1, 0.15) is 17.2 Å². The molecule has 2 saturated heterocycles. The van der Waals surface area contributed by atoms with Crippen LogP contribution in [0.2, 0.25) is 0 Å². The van der Waals surface area contributed by atoms with E-state index in [0.717, 1.165) is 80.1 Å². The van der Waals surface area contributed by atoms with Gasteiger partial charge in [-0.3, -0.25) is 34.1 Å².